The molecule has 2 nitrogen and oxygen atoms in total. The van der Waals surface area contributed by atoms with Crippen LogP contribution in [0.15, 0.2) is 0 Å². The van der Waals surface area contributed by atoms with E-state index in [1.807, 2.05) is 19.9 Å². The maximum Gasteiger partial charge on any atom is 0.104 e. The summed E-state index contributed by atoms with van der Waals surface area (Å²) < 4.78 is 0. The Morgan fingerprint density at radius 1 is 1.60 bits per heavy atom. The highest BCUT2D eigenvalue weighted by molar-refractivity contribution is 6.38. The largest absolute Gasteiger partial charge is 0.342 e. The third kappa shape index (κ3) is 1.21. The molecule has 0 saturated heterocycles. The summed E-state index contributed by atoms with van der Waals surface area (Å²) in [5.41, 5.74) is 1.47. The summed E-state index contributed by atoms with van der Waals surface area (Å²) in [6.45, 7) is 3.84. The predicted octanol–water partition coefficient (Wildman–Crippen LogP) is 0.495. The Hall–Kier alpha value is -0.760. The highest BCUT2D eigenvalue weighted by Gasteiger charge is 1.88. The number of halogens is 1. The highest BCUT2D eigenvalue weighted by Crippen LogP contribution is 1.74. The van der Waals surface area contributed by atoms with Gasteiger partial charge in [0.05, 0.1) is 10.7 Å². The van der Waals surface area contributed by atoms with Crippen LogP contribution in [0.3, 0.4) is 0 Å². The number of H-pyrrole nitrogens is 1. The summed E-state index contributed by atoms with van der Waals surface area (Å²) in [6, 6.07) is 0. The van der Waals surface area contributed by atoms with Gasteiger partial charge in [0.15, 0.2) is 0 Å². The molecule has 1 rings (SSSR count). The van der Waals surface area contributed by atoms with Crippen LogP contribution in [0.1, 0.15) is 12.7 Å². The molecule has 0 unspecified atom stereocenters. The second-order valence-electron chi connectivity index (χ2n) is 2.02. The molecule has 0 saturated carbocycles. The van der Waals surface area contributed by atoms with Crippen molar-refractivity contribution < 1.29 is 0 Å². The fourth-order valence-corrected chi connectivity index (χ4v) is 0.997. The van der Waals surface area contributed by atoms with Gasteiger partial charge in [-0.3, -0.25) is 0 Å². The van der Waals surface area contributed by atoms with Crippen LogP contribution in [-0.4, -0.2) is 9.97 Å². The van der Waals surface area contributed by atoms with E-state index in [9.17, 15) is 0 Å². The molecule has 1 N–H and O–H groups in total. The van der Waals surface area contributed by atoms with Gasteiger partial charge in [0.1, 0.15) is 5.82 Å². The average molecular weight is 157 g/mol. The molecule has 0 bridgehead atoms. The lowest BCUT2D eigenvalue weighted by atomic mass is 10.5. The summed E-state index contributed by atoms with van der Waals surface area (Å²) in [7, 11) is 0. The predicted molar refractivity (Wildman–Crippen MR) is 43.0 cm³/mol. The number of imidazole rings is 1. The second kappa shape index (κ2) is 2.88. The molecule has 0 radical (unpaired) electrons. The molecule has 1 aromatic rings. The van der Waals surface area contributed by atoms with Crippen molar-refractivity contribution >= 4 is 23.2 Å². The van der Waals surface area contributed by atoms with Crippen LogP contribution in [0.25, 0.3) is 11.6 Å². The maximum atomic E-state index is 5.50. The number of hydrogen-bond acceptors (Lipinski definition) is 1. The van der Waals surface area contributed by atoms with Crippen LogP contribution < -0.4 is 10.7 Å². The molecule has 0 aromatic carbocycles. The molecule has 1 aromatic heterocycles. The van der Waals surface area contributed by atoms with Crippen LogP contribution in [0.2, 0.25) is 0 Å². The van der Waals surface area contributed by atoms with E-state index in [4.69, 9.17) is 11.6 Å². The Bertz CT molecular complexity index is 292. The first-order valence-electron chi connectivity index (χ1n) is 3.07. The van der Waals surface area contributed by atoms with Crippen molar-refractivity contribution in [3.05, 3.63) is 16.5 Å². The Morgan fingerprint density at radius 2 is 2.30 bits per heavy atom. The molecule has 0 aliphatic heterocycles. The molecule has 0 aliphatic rings. The van der Waals surface area contributed by atoms with Gasteiger partial charge in [-0.05, 0) is 13.8 Å². The topological polar surface area (TPSA) is 28.7 Å². The lowest BCUT2D eigenvalue weighted by Gasteiger charge is -1.71. The van der Waals surface area contributed by atoms with Crippen molar-refractivity contribution in [3.63, 3.8) is 0 Å². The van der Waals surface area contributed by atoms with E-state index in [0.717, 1.165) is 16.5 Å². The first-order chi connectivity index (χ1) is 4.77. The number of rotatable bonds is 0. The molecule has 1 heterocycles. The minimum atomic E-state index is 0.807. The zero-order chi connectivity index (χ0) is 7.56. The van der Waals surface area contributed by atoms with Crippen molar-refractivity contribution in [2.24, 2.45) is 0 Å². The van der Waals surface area contributed by atoms with E-state index in [2.05, 4.69) is 9.97 Å². The number of aryl methyl sites for hydroxylation is 1. The van der Waals surface area contributed by atoms with E-state index in [0.29, 0.717) is 0 Å². The number of hydrogen-bond donors (Lipinski definition) is 1. The summed E-state index contributed by atoms with van der Waals surface area (Å²) in [5.74, 6) is 0.889. The van der Waals surface area contributed by atoms with Crippen molar-refractivity contribution in [2.75, 3.05) is 0 Å². The molecule has 0 spiro atoms. The molecule has 3 heteroatoms. The van der Waals surface area contributed by atoms with Gasteiger partial charge in [-0.15, -0.1) is 0 Å². The highest BCUT2D eigenvalue weighted by atomic mass is 35.5. The molecule has 0 atom stereocenters. The molecule has 10 heavy (non-hydrogen) atoms. The number of nitrogens with zero attached hydrogens (tertiary/aromatic N) is 1. The number of nitrogens with one attached hydrogen (secondary N) is 1. The molecular weight excluding hydrogens is 148 g/mol. The van der Waals surface area contributed by atoms with Gasteiger partial charge in [-0.2, -0.15) is 0 Å². The monoisotopic (exact) mass is 156 g/mol. The lowest BCUT2D eigenvalue weighted by Crippen LogP contribution is -2.22. The Labute approximate surface area is 64.2 Å². The summed E-state index contributed by atoms with van der Waals surface area (Å²) >= 11 is 5.50. The molecule has 54 valence electrons. The standard InChI is InChI=1S/C7H9ClN2/c1-3-6-7(4-8)10-5(2)9-6/h3-4H,1-2H3,(H,9,10)/b6-3+,7-4+. The first kappa shape index (κ1) is 7.35. The summed E-state index contributed by atoms with van der Waals surface area (Å²) in [6.07, 6.45) is 1.94. The Balaban J connectivity index is 3.53. The van der Waals surface area contributed by atoms with Gasteiger partial charge in [0.2, 0.25) is 0 Å². The van der Waals surface area contributed by atoms with Gasteiger partial charge in [-0.1, -0.05) is 17.7 Å². The molecule has 0 aliphatic carbocycles. The van der Waals surface area contributed by atoms with Gasteiger partial charge < -0.3 is 4.98 Å². The zero-order valence-corrected chi connectivity index (χ0v) is 6.74. The van der Waals surface area contributed by atoms with E-state index in [-0.39, 0.29) is 0 Å². The zero-order valence-electron chi connectivity index (χ0n) is 5.98. The van der Waals surface area contributed by atoms with Gasteiger partial charge in [0, 0.05) is 5.54 Å². The summed E-state index contributed by atoms with van der Waals surface area (Å²) in [4.78, 5) is 7.19. The van der Waals surface area contributed by atoms with Crippen molar-refractivity contribution in [2.45, 2.75) is 13.8 Å². The number of aromatic amines is 1. The van der Waals surface area contributed by atoms with Crippen LogP contribution in [0.4, 0.5) is 0 Å². The number of aromatic nitrogens is 2. The van der Waals surface area contributed by atoms with Crippen LogP contribution in [-0.2, 0) is 0 Å². The lowest BCUT2D eigenvalue weighted by molar-refractivity contribution is 1.13. The van der Waals surface area contributed by atoms with E-state index < -0.39 is 0 Å². The smallest absolute Gasteiger partial charge is 0.104 e. The minimum absolute atomic E-state index is 0.807. The first-order valence-corrected chi connectivity index (χ1v) is 3.51. The Kier molecular flexibility index (Phi) is 2.12. The molecular formula is C7H9ClN2. The van der Waals surface area contributed by atoms with Gasteiger partial charge in [-0.25, -0.2) is 4.98 Å². The fourth-order valence-electron chi connectivity index (χ4n) is 0.831. The SMILES string of the molecule is C/C=c1/[nH]c(C)n/c1=C/Cl. The van der Waals surface area contributed by atoms with Gasteiger partial charge in [0.25, 0.3) is 0 Å². The van der Waals surface area contributed by atoms with Crippen LogP contribution in [0.5, 0.6) is 0 Å². The fraction of sp³-hybridized carbons (Fsp3) is 0.286. The van der Waals surface area contributed by atoms with Crippen molar-refractivity contribution in [3.8, 4) is 0 Å². The third-order valence-corrected chi connectivity index (χ3v) is 1.48. The van der Waals surface area contributed by atoms with Crippen molar-refractivity contribution in [1.82, 2.24) is 9.97 Å². The van der Waals surface area contributed by atoms with Crippen LogP contribution in [0, 0.1) is 6.92 Å². The quantitative estimate of drug-likeness (QED) is 0.582. The van der Waals surface area contributed by atoms with E-state index in [1.54, 1.807) is 0 Å². The van der Waals surface area contributed by atoms with E-state index in [1.165, 1.54) is 5.54 Å². The van der Waals surface area contributed by atoms with Crippen LogP contribution >= 0.6 is 11.6 Å². The maximum absolute atomic E-state index is 5.50. The average Bonchev–Trinajstić information content (AvgIpc) is 2.30. The molecule has 0 amide bonds. The van der Waals surface area contributed by atoms with Crippen molar-refractivity contribution in [1.29, 1.82) is 0 Å². The third-order valence-electron chi connectivity index (χ3n) is 1.27. The minimum Gasteiger partial charge on any atom is -0.342 e. The molecule has 0 fully saturated rings. The Morgan fingerprint density at radius 3 is 2.70 bits per heavy atom. The van der Waals surface area contributed by atoms with E-state index >= 15 is 0 Å². The summed E-state index contributed by atoms with van der Waals surface area (Å²) in [5, 5.41) is 1.79. The van der Waals surface area contributed by atoms with Gasteiger partial charge >= 0.3 is 0 Å². The second-order valence-corrected chi connectivity index (χ2v) is 2.24. The normalized spacial score (nSPS) is 14.7.